The molecule has 0 aliphatic carbocycles. The van der Waals surface area contributed by atoms with Gasteiger partial charge in [-0.2, -0.15) is 67.8 Å². The molecule has 0 aromatic carbocycles. The molecule has 4 heterocycles. The van der Waals surface area contributed by atoms with Crippen molar-refractivity contribution >= 4 is 35.1 Å². The van der Waals surface area contributed by atoms with E-state index in [4.69, 9.17) is 30.5 Å². The number of hydrogen-bond donors (Lipinski definition) is 0. The maximum atomic E-state index is 12.7. The van der Waals surface area contributed by atoms with Crippen molar-refractivity contribution in [3.63, 3.8) is 0 Å². The molecule has 0 saturated carbocycles. The van der Waals surface area contributed by atoms with E-state index in [0.29, 0.717) is 11.6 Å². The lowest BCUT2D eigenvalue weighted by molar-refractivity contribution is -0.142. The molecular weight excluding hydrogens is 822 g/mol. The van der Waals surface area contributed by atoms with Crippen LogP contribution in [-0.2, 0) is 19.4 Å². The van der Waals surface area contributed by atoms with Gasteiger partial charge >= 0.3 is 23.4 Å². The van der Waals surface area contributed by atoms with Crippen LogP contribution in [0.2, 0.25) is 0 Å². The summed E-state index contributed by atoms with van der Waals surface area (Å²) in [4.78, 5) is 11.1. The van der Waals surface area contributed by atoms with Crippen molar-refractivity contribution in [1.82, 2.24) is 24.7 Å². The number of thioether (sulfide) groups is 2. The monoisotopic (exact) mass is 845 g/mol. The second-order valence-corrected chi connectivity index (χ2v) is 13.0. The Kier molecular flexibility index (Phi) is 15.4. The first-order valence-corrected chi connectivity index (χ1v) is 16.7. The van der Waals surface area contributed by atoms with E-state index in [9.17, 15) is 52.7 Å². The lowest BCUT2D eigenvalue weighted by Gasteiger charge is -2.10. The van der Waals surface area contributed by atoms with E-state index in [1.165, 1.54) is 43.4 Å². The SMILES string of the molecule is Cc1cc(OCC=C(Cl)SC(F)(F)F)nc(Oc2ccnc(C(F)(F)F)c2)c1.Cn1nc(C(F)(F)F)cc1Oc1cccc(OCCCSC(F)(F)F)n1. The Labute approximate surface area is 311 Å². The highest BCUT2D eigenvalue weighted by molar-refractivity contribution is 8.05. The Morgan fingerprint density at radius 3 is 2.06 bits per heavy atom. The van der Waals surface area contributed by atoms with Crippen LogP contribution >= 0.6 is 35.1 Å². The van der Waals surface area contributed by atoms with Gasteiger partial charge in [0, 0.05) is 55.4 Å². The van der Waals surface area contributed by atoms with Crippen molar-refractivity contribution in [3.8, 4) is 35.1 Å². The minimum Gasteiger partial charge on any atom is -0.478 e. The molecule has 24 heteroatoms. The highest BCUT2D eigenvalue weighted by Crippen LogP contribution is 2.38. The molecule has 0 unspecified atom stereocenters. The Morgan fingerprint density at radius 2 is 1.43 bits per heavy atom. The summed E-state index contributed by atoms with van der Waals surface area (Å²) < 4.78 is 170. The lowest BCUT2D eigenvalue weighted by atomic mass is 10.3. The van der Waals surface area contributed by atoms with Gasteiger partial charge in [0.25, 0.3) is 0 Å². The zero-order valence-corrected chi connectivity index (χ0v) is 29.6. The van der Waals surface area contributed by atoms with Crippen molar-refractivity contribution in [1.29, 1.82) is 0 Å². The van der Waals surface area contributed by atoms with Crippen molar-refractivity contribution in [2.75, 3.05) is 19.0 Å². The molecule has 0 N–H and O–H groups in total. The van der Waals surface area contributed by atoms with Crippen molar-refractivity contribution in [2.24, 2.45) is 7.05 Å². The maximum Gasteiger partial charge on any atom is 0.447 e. The smallest absolute Gasteiger partial charge is 0.447 e. The number of nitrogens with zero attached hydrogens (tertiary/aromatic N) is 5. The standard InChI is InChI=1S/C16H11ClF6N2O2S.C14H13F6N3O2S/c1-9-6-13(26-5-3-12(17)28-16(21,22)23)25-14(7-9)27-10-2-4-24-11(8-10)15(18,19)20;1-23-12(8-9(22-23)13(15,16)17)25-11-5-2-4-10(21-11)24-6-3-7-26-14(18,19)20/h2-4,6-8H,5H2,1H3;2,4-5,8H,3,6-7H2,1H3. The number of pyridine rings is 3. The van der Waals surface area contributed by atoms with Gasteiger partial charge in [0.15, 0.2) is 5.69 Å². The molecule has 4 aromatic rings. The first-order valence-electron chi connectivity index (χ1n) is 14.5. The largest absolute Gasteiger partial charge is 0.478 e. The molecule has 4 aromatic heterocycles. The fraction of sp³-hybridized carbons (Fsp3) is 0.333. The molecule has 0 bridgehead atoms. The van der Waals surface area contributed by atoms with Crippen LogP contribution < -0.4 is 18.9 Å². The number of aryl methyl sites for hydroxylation is 2. The molecule has 0 radical (unpaired) electrons. The zero-order valence-electron chi connectivity index (χ0n) is 27.2. The third-order valence-electron chi connectivity index (χ3n) is 5.69. The number of ether oxygens (including phenoxy) is 4. The fourth-order valence-corrected chi connectivity index (χ4v) is 4.77. The first kappa shape index (κ1) is 44.1. The van der Waals surface area contributed by atoms with E-state index in [1.54, 1.807) is 6.92 Å². The summed E-state index contributed by atoms with van der Waals surface area (Å²) in [6, 6.07) is 9.91. The molecule has 54 heavy (non-hydrogen) atoms. The number of halogens is 13. The Hall–Kier alpha value is -4.25. The Balaban J connectivity index is 0.000000291. The molecule has 0 saturated heterocycles. The molecule has 4 rings (SSSR count). The van der Waals surface area contributed by atoms with Gasteiger partial charge in [-0.1, -0.05) is 29.4 Å². The lowest BCUT2D eigenvalue weighted by Crippen LogP contribution is -2.07. The number of aromatic nitrogens is 5. The van der Waals surface area contributed by atoms with Gasteiger partial charge < -0.3 is 18.9 Å². The zero-order chi connectivity index (χ0) is 40.3. The van der Waals surface area contributed by atoms with Gasteiger partial charge in [-0.3, -0.25) is 4.98 Å². The van der Waals surface area contributed by atoms with Crippen LogP contribution in [-0.4, -0.2) is 54.7 Å². The van der Waals surface area contributed by atoms with Gasteiger partial charge in [0.1, 0.15) is 18.1 Å². The summed E-state index contributed by atoms with van der Waals surface area (Å²) in [5.41, 5.74) is -10.4. The minimum atomic E-state index is -4.63. The van der Waals surface area contributed by atoms with E-state index in [-0.39, 0.29) is 72.3 Å². The molecule has 9 nitrogen and oxygen atoms in total. The van der Waals surface area contributed by atoms with Crippen molar-refractivity contribution in [2.45, 2.75) is 36.7 Å². The first-order chi connectivity index (χ1) is 25.0. The molecule has 0 atom stereocenters. The van der Waals surface area contributed by atoms with Crippen LogP contribution in [0.5, 0.6) is 35.1 Å². The van der Waals surface area contributed by atoms with E-state index in [2.05, 4.69) is 20.1 Å². The van der Waals surface area contributed by atoms with Crippen LogP contribution in [0, 0.1) is 6.92 Å². The number of hydrogen-bond acceptors (Lipinski definition) is 10. The molecule has 0 fully saturated rings. The van der Waals surface area contributed by atoms with Crippen LogP contribution in [0.3, 0.4) is 0 Å². The highest BCUT2D eigenvalue weighted by atomic mass is 35.5. The van der Waals surface area contributed by atoms with Gasteiger partial charge in [0.05, 0.1) is 11.0 Å². The number of alkyl halides is 12. The molecule has 0 aliphatic rings. The summed E-state index contributed by atoms with van der Waals surface area (Å²) in [7, 11) is 1.28. The molecule has 0 aliphatic heterocycles. The van der Waals surface area contributed by atoms with Crippen LogP contribution in [0.15, 0.2) is 65.2 Å². The molecule has 0 amide bonds. The average molecular weight is 846 g/mol. The normalized spacial score (nSPS) is 12.5. The summed E-state index contributed by atoms with van der Waals surface area (Å²) in [6.45, 7) is 1.35. The maximum absolute atomic E-state index is 12.7. The fourth-order valence-electron chi connectivity index (χ4n) is 3.57. The predicted molar refractivity (Wildman–Crippen MR) is 173 cm³/mol. The van der Waals surface area contributed by atoms with Crippen LogP contribution in [0.1, 0.15) is 23.4 Å². The predicted octanol–water partition coefficient (Wildman–Crippen LogP) is 11.0. The van der Waals surface area contributed by atoms with Gasteiger partial charge in [0.2, 0.25) is 29.4 Å². The summed E-state index contributed by atoms with van der Waals surface area (Å²) in [6.07, 6.45) is -7.15. The van der Waals surface area contributed by atoms with Gasteiger partial charge in [-0.05, 0) is 42.8 Å². The Morgan fingerprint density at radius 1 is 0.778 bits per heavy atom. The third-order valence-corrected chi connectivity index (χ3v) is 7.49. The summed E-state index contributed by atoms with van der Waals surface area (Å²) in [5.74, 6) is -0.498. The summed E-state index contributed by atoms with van der Waals surface area (Å²) >= 11 is 4.79. The highest BCUT2D eigenvalue weighted by Gasteiger charge is 2.35. The Bertz CT molecular complexity index is 1860. The minimum absolute atomic E-state index is 0.00201. The van der Waals surface area contributed by atoms with E-state index in [0.717, 1.165) is 23.0 Å². The topological polar surface area (TPSA) is 93.4 Å². The van der Waals surface area contributed by atoms with E-state index >= 15 is 0 Å². The molecule has 296 valence electrons. The van der Waals surface area contributed by atoms with Gasteiger partial charge in [-0.25, -0.2) is 4.68 Å². The molecular formula is C30H24ClF12N5O4S2. The number of rotatable bonds is 13. The second-order valence-electron chi connectivity index (χ2n) is 10.1. The van der Waals surface area contributed by atoms with Crippen molar-refractivity contribution in [3.05, 3.63) is 82.1 Å². The third kappa shape index (κ3) is 16.4. The molecule has 0 spiro atoms. The van der Waals surface area contributed by atoms with Crippen LogP contribution in [0.25, 0.3) is 0 Å². The summed E-state index contributed by atoms with van der Waals surface area (Å²) in [5, 5.41) is 3.30. The van der Waals surface area contributed by atoms with E-state index < -0.39 is 50.9 Å². The van der Waals surface area contributed by atoms with E-state index in [1.807, 2.05) is 0 Å². The van der Waals surface area contributed by atoms with Gasteiger partial charge in [-0.15, -0.1) is 0 Å². The quantitative estimate of drug-likeness (QED) is 0.0956. The average Bonchev–Trinajstić information content (AvgIpc) is 3.40. The van der Waals surface area contributed by atoms with Crippen LogP contribution in [0.4, 0.5) is 52.7 Å². The van der Waals surface area contributed by atoms with Crippen molar-refractivity contribution < 1.29 is 71.6 Å². The second kappa shape index (κ2) is 18.9.